The van der Waals surface area contributed by atoms with Gasteiger partial charge in [-0.1, -0.05) is 48.5 Å². The molecule has 0 aromatic heterocycles. The largest absolute Gasteiger partial charge is 0.490 e. The summed E-state index contributed by atoms with van der Waals surface area (Å²) in [4.78, 5) is 31.7. The van der Waals surface area contributed by atoms with E-state index in [4.69, 9.17) is 20.2 Å². The van der Waals surface area contributed by atoms with Crippen LogP contribution in [0.2, 0.25) is 0 Å². The molecule has 2 N–H and O–H groups in total. The smallest absolute Gasteiger partial charge is 0.267 e. The molecule has 36 heavy (non-hydrogen) atoms. The predicted molar refractivity (Wildman–Crippen MR) is 151 cm³/mol. The monoisotopic (exact) mass is 613 g/mol. The summed E-state index contributed by atoms with van der Waals surface area (Å²) in [7, 11) is 0. The van der Waals surface area contributed by atoms with Gasteiger partial charge in [0.1, 0.15) is 0 Å². The van der Waals surface area contributed by atoms with Gasteiger partial charge in [-0.15, -0.1) is 0 Å². The molecule has 3 aromatic rings. The topological polar surface area (TPSA) is 94.2 Å². The van der Waals surface area contributed by atoms with Gasteiger partial charge < -0.3 is 15.2 Å². The molecule has 1 saturated heterocycles. The second kappa shape index (κ2) is 12.1. The molecule has 0 bridgehead atoms. The first-order chi connectivity index (χ1) is 17.4. The van der Waals surface area contributed by atoms with Gasteiger partial charge >= 0.3 is 0 Å². The standard InChI is InChI=1S/C27H24IN3O4S/c1-2-34-22-14-19(13-21(28)25(22)35-17-24(29)32)15-23-26(33)31(16-18-9-5-3-6-10-18)27(36-23)30-20-11-7-4-8-12-20/h3-15H,2,16-17H2,1H3,(H2,29,32)/b23-15+,30-27?. The molecule has 7 nitrogen and oxygen atoms in total. The third kappa shape index (κ3) is 6.46. The first-order valence-electron chi connectivity index (χ1n) is 11.2. The summed E-state index contributed by atoms with van der Waals surface area (Å²) in [5.74, 6) is 0.227. The van der Waals surface area contributed by atoms with E-state index in [1.165, 1.54) is 11.8 Å². The lowest BCUT2D eigenvalue weighted by atomic mass is 10.1. The molecule has 1 aliphatic rings. The predicted octanol–water partition coefficient (Wildman–Crippen LogP) is 5.36. The minimum atomic E-state index is -0.573. The lowest BCUT2D eigenvalue weighted by molar-refractivity contribution is -0.122. The van der Waals surface area contributed by atoms with Crippen molar-refractivity contribution in [2.45, 2.75) is 13.5 Å². The zero-order valence-corrected chi connectivity index (χ0v) is 22.5. The Morgan fingerprint density at radius 2 is 1.78 bits per heavy atom. The van der Waals surface area contributed by atoms with Gasteiger partial charge in [-0.2, -0.15) is 0 Å². The SMILES string of the molecule is CCOc1cc(/C=C2/SC(=Nc3ccccc3)N(Cc3ccccc3)C2=O)cc(I)c1OCC(N)=O. The van der Waals surface area contributed by atoms with Crippen LogP contribution in [0.25, 0.3) is 6.08 Å². The van der Waals surface area contributed by atoms with Gasteiger partial charge in [0.15, 0.2) is 23.3 Å². The Labute approximate surface area is 227 Å². The number of nitrogens with two attached hydrogens (primary N) is 1. The third-order valence-electron chi connectivity index (χ3n) is 5.04. The summed E-state index contributed by atoms with van der Waals surface area (Å²) in [5, 5.41) is 0.613. The zero-order chi connectivity index (χ0) is 25.5. The lowest BCUT2D eigenvalue weighted by Gasteiger charge is -2.15. The number of benzene rings is 3. The number of thioether (sulfide) groups is 1. The molecule has 2 amide bonds. The number of ether oxygens (including phenoxy) is 2. The van der Waals surface area contributed by atoms with E-state index < -0.39 is 5.91 Å². The van der Waals surface area contributed by atoms with E-state index in [2.05, 4.69) is 22.6 Å². The van der Waals surface area contributed by atoms with E-state index >= 15 is 0 Å². The van der Waals surface area contributed by atoms with Crippen LogP contribution < -0.4 is 15.2 Å². The number of rotatable bonds is 9. The fraction of sp³-hybridized carbons (Fsp3) is 0.148. The van der Waals surface area contributed by atoms with E-state index in [1.54, 1.807) is 11.0 Å². The molecule has 1 heterocycles. The van der Waals surface area contributed by atoms with Gasteiger partial charge in [0, 0.05) is 0 Å². The highest BCUT2D eigenvalue weighted by Crippen LogP contribution is 2.38. The molecule has 0 aliphatic carbocycles. The van der Waals surface area contributed by atoms with E-state index in [9.17, 15) is 9.59 Å². The van der Waals surface area contributed by atoms with Crippen LogP contribution in [0.1, 0.15) is 18.1 Å². The summed E-state index contributed by atoms with van der Waals surface area (Å²) in [6.07, 6.45) is 1.82. The lowest BCUT2D eigenvalue weighted by Crippen LogP contribution is -2.28. The Morgan fingerprint density at radius 1 is 1.08 bits per heavy atom. The number of carbonyl (C=O) groups is 2. The highest BCUT2D eigenvalue weighted by Gasteiger charge is 2.33. The van der Waals surface area contributed by atoms with Crippen molar-refractivity contribution in [2.75, 3.05) is 13.2 Å². The van der Waals surface area contributed by atoms with Gasteiger partial charge in [-0.05, 0) is 82.7 Å². The van der Waals surface area contributed by atoms with Crippen LogP contribution in [0, 0.1) is 3.57 Å². The van der Waals surface area contributed by atoms with Gasteiger partial charge in [0.05, 0.1) is 27.3 Å². The second-order valence-electron chi connectivity index (χ2n) is 7.74. The number of amides is 2. The van der Waals surface area contributed by atoms with Crippen molar-refractivity contribution < 1.29 is 19.1 Å². The normalized spacial score (nSPS) is 15.5. The number of hydrogen-bond donors (Lipinski definition) is 1. The molecular formula is C27H24IN3O4S. The van der Waals surface area contributed by atoms with E-state index in [1.807, 2.05) is 79.7 Å². The van der Waals surface area contributed by atoms with Crippen LogP contribution in [0.3, 0.4) is 0 Å². The van der Waals surface area contributed by atoms with Crippen LogP contribution in [0.5, 0.6) is 11.5 Å². The van der Waals surface area contributed by atoms with Crippen molar-refractivity contribution in [3.8, 4) is 11.5 Å². The molecule has 0 spiro atoms. The highest BCUT2D eigenvalue weighted by molar-refractivity contribution is 14.1. The van der Waals surface area contributed by atoms with Crippen LogP contribution in [-0.2, 0) is 16.1 Å². The fourth-order valence-electron chi connectivity index (χ4n) is 3.48. The Bertz CT molecular complexity index is 1310. The summed E-state index contributed by atoms with van der Waals surface area (Å²) in [6.45, 7) is 2.44. The average molecular weight is 613 g/mol. The minimum Gasteiger partial charge on any atom is -0.490 e. The Morgan fingerprint density at radius 3 is 2.44 bits per heavy atom. The van der Waals surface area contributed by atoms with E-state index in [-0.39, 0.29) is 12.5 Å². The van der Waals surface area contributed by atoms with Gasteiger partial charge in [-0.25, -0.2) is 4.99 Å². The van der Waals surface area contributed by atoms with Crippen molar-refractivity contribution in [3.63, 3.8) is 0 Å². The van der Waals surface area contributed by atoms with Crippen molar-refractivity contribution >= 4 is 63.1 Å². The number of para-hydroxylation sites is 1. The molecule has 4 rings (SSSR count). The van der Waals surface area contributed by atoms with Crippen molar-refractivity contribution in [1.82, 2.24) is 4.90 Å². The second-order valence-corrected chi connectivity index (χ2v) is 9.91. The van der Waals surface area contributed by atoms with Gasteiger partial charge in [-0.3, -0.25) is 14.5 Å². The van der Waals surface area contributed by atoms with Crippen LogP contribution in [0.4, 0.5) is 5.69 Å². The van der Waals surface area contributed by atoms with Crippen LogP contribution >= 0.6 is 34.4 Å². The molecule has 3 aromatic carbocycles. The van der Waals surface area contributed by atoms with Crippen LogP contribution in [0.15, 0.2) is 82.7 Å². The third-order valence-corrected chi connectivity index (χ3v) is 6.85. The van der Waals surface area contributed by atoms with Gasteiger partial charge in [0.2, 0.25) is 0 Å². The number of aliphatic imine (C=N–C) groups is 1. The summed E-state index contributed by atoms with van der Waals surface area (Å²) >= 11 is 3.45. The first kappa shape index (κ1) is 25.8. The Hall–Kier alpha value is -3.31. The number of nitrogens with zero attached hydrogens (tertiary/aromatic N) is 2. The highest BCUT2D eigenvalue weighted by atomic mass is 127. The average Bonchev–Trinajstić information content (AvgIpc) is 3.13. The Kier molecular flexibility index (Phi) is 8.65. The molecular weight excluding hydrogens is 589 g/mol. The maximum absolute atomic E-state index is 13.5. The van der Waals surface area contributed by atoms with Crippen molar-refractivity contribution in [3.05, 3.63) is 92.4 Å². The Balaban J connectivity index is 1.69. The maximum Gasteiger partial charge on any atom is 0.267 e. The number of primary amides is 1. The molecule has 1 fully saturated rings. The van der Waals surface area contributed by atoms with E-state index in [0.29, 0.717) is 34.7 Å². The summed E-state index contributed by atoms with van der Waals surface area (Å²) in [5.41, 5.74) is 7.79. The summed E-state index contributed by atoms with van der Waals surface area (Å²) < 4.78 is 12.1. The van der Waals surface area contributed by atoms with Gasteiger partial charge in [0.25, 0.3) is 11.8 Å². The number of amidine groups is 1. The number of hydrogen-bond acceptors (Lipinski definition) is 6. The molecule has 0 atom stereocenters. The quantitative estimate of drug-likeness (QED) is 0.259. The van der Waals surface area contributed by atoms with Crippen molar-refractivity contribution in [1.29, 1.82) is 0 Å². The molecule has 0 radical (unpaired) electrons. The van der Waals surface area contributed by atoms with Crippen LogP contribution in [-0.4, -0.2) is 35.1 Å². The summed E-state index contributed by atoms with van der Waals surface area (Å²) in [6, 6.07) is 23.0. The fourth-order valence-corrected chi connectivity index (χ4v) is 5.26. The number of carbonyl (C=O) groups excluding carboxylic acids is 2. The van der Waals surface area contributed by atoms with Crippen molar-refractivity contribution in [2.24, 2.45) is 10.7 Å². The number of halogens is 1. The van der Waals surface area contributed by atoms with E-state index in [0.717, 1.165) is 20.4 Å². The maximum atomic E-state index is 13.5. The first-order valence-corrected chi connectivity index (χ1v) is 13.1. The minimum absolute atomic E-state index is 0.124. The molecule has 9 heteroatoms. The zero-order valence-electron chi connectivity index (χ0n) is 19.5. The molecule has 1 aliphatic heterocycles. The molecule has 184 valence electrons. The molecule has 0 unspecified atom stereocenters. The molecule has 0 saturated carbocycles.